The number of rotatable bonds is 9. The second-order valence-electron chi connectivity index (χ2n) is 7.35. The average Bonchev–Trinajstić information content (AvgIpc) is 2.69. The summed E-state index contributed by atoms with van der Waals surface area (Å²) in [5.41, 5.74) is 3.84. The smallest absolute Gasteiger partial charge is 0.244 e. The first-order valence-corrected chi connectivity index (χ1v) is 13.2. The molecule has 1 saturated heterocycles. The standard InChI is InChI=1S/C19H19Cl2FN4O5S2/c1-24-17-4-3-14(9-16(17)22)31-12-19(25-32(27,28)7-6-23)10-26(11-19)33(29,30)18-5-2-13(20)8-15(18)21/h2-5,8-9,25H,6-7,10-12,23H2. The summed E-state index contributed by atoms with van der Waals surface area (Å²) in [7, 11) is -7.91. The van der Waals surface area contributed by atoms with E-state index in [1.807, 2.05) is 0 Å². The maximum absolute atomic E-state index is 13.9. The van der Waals surface area contributed by atoms with Crippen LogP contribution < -0.4 is 15.2 Å². The third-order valence-corrected chi connectivity index (χ3v) is 8.81. The van der Waals surface area contributed by atoms with Crippen LogP contribution in [0.3, 0.4) is 0 Å². The van der Waals surface area contributed by atoms with E-state index in [0.717, 1.165) is 10.4 Å². The molecule has 0 aromatic heterocycles. The lowest BCUT2D eigenvalue weighted by atomic mass is 9.95. The lowest BCUT2D eigenvalue weighted by Crippen LogP contribution is -2.73. The van der Waals surface area contributed by atoms with Crippen LogP contribution >= 0.6 is 23.2 Å². The van der Waals surface area contributed by atoms with Crippen LogP contribution in [0.4, 0.5) is 10.1 Å². The topological polar surface area (TPSA) is 123 Å². The Kier molecular flexibility index (Phi) is 7.55. The summed E-state index contributed by atoms with van der Waals surface area (Å²) in [5.74, 6) is -1.12. The molecule has 14 heteroatoms. The first-order valence-electron chi connectivity index (χ1n) is 9.38. The van der Waals surface area contributed by atoms with Gasteiger partial charge in [0.2, 0.25) is 25.7 Å². The van der Waals surface area contributed by atoms with Crippen molar-refractivity contribution in [3.05, 3.63) is 63.7 Å². The van der Waals surface area contributed by atoms with E-state index in [0.29, 0.717) is 0 Å². The molecule has 0 saturated carbocycles. The van der Waals surface area contributed by atoms with Gasteiger partial charge in [-0.3, -0.25) is 0 Å². The van der Waals surface area contributed by atoms with Gasteiger partial charge in [-0.2, -0.15) is 4.31 Å². The van der Waals surface area contributed by atoms with Crippen molar-refractivity contribution in [2.75, 3.05) is 32.0 Å². The van der Waals surface area contributed by atoms with Gasteiger partial charge in [0.25, 0.3) is 0 Å². The van der Waals surface area contributed by atoms with Crippen LogP contribution in [-0.2, 0) is 20.0 Å². The van der Waals surface area contributed by atoms with Gasteiger partial charge in [0, 0.05) is 30.7 Å². The highest BCUT2D eigenvalue weighted by atomic mass is 35.5. The number of halogens is 3. The quantitative estimate of drug-likeness (QED) is 0.474. The summed E-state index contributed by atoms with van der Waals surface area (Å²) in [5, 5.41) is 0.187. The summed E-state index contributed by atoms with van der Waals surface area (Å²) in [4.78, 5) is 2.84. The van der Waals surface area contributed by atoms with Gasteiger partial charge >= 0.3 is 0 Å². The van der Waals surface area contributed by atoms with Crippen molar-refractivity contribution in [1.29, 1.82) is 0 Å². The number of nitrogens with two attached hydrogens (primary N) is 1. The first kappa shape index (κ1) is 25.6. The molecule has 1 fully saturated rings. The van der Waals surface area contributed by atoms with Crippen molar-refractivity contribution in [2.24, 2.45) is 5.73 Å². The predicted octanol–water partition coefficient (Wildman–Crippen LogP) is 2.38. The molecule has 0 aliphatic carbocycles. The van der Waals surface area contributed by atoms with Gasteiger partial charge in [-0.05, 0) is 30.3 Å². The van der Waals surface area contributed by atoms with Crippen molar-refractivity contribution >= 4 is 48.9 Å². The van der Waals surface area contributed by atoms with Gasteiger partial charge < -0.3 is 10.5 Å². The summed E-state index contributed by atoms with van der Waals surface area (Å²) >= 11 is 11.9. The fourth-order valence-electron chi connectivity index (χ4n) is 3.23. The zero-order valence-electron chi connectivity index (χ0n) is 17.0. The lowest BCUT2D eigenvalue weighted by Gasteiger charge is -2.48. The van der Waals surface area contributed by atoms with Gasteiger partial charge in [-0.25, -0.2) is 30.8 Å². The van der Waals surface area contributed by atoms with Crippen LogP contribution in [0, 0.1) is 12.4 Å². The summed E-state index contributed by atoms with van der Waals surface area (Å²) in [6.45, 7) is 5.92. The molecule has 1 heterocycles. The molecule has 0 amide bonds. The van der Waals surface area contributed by atoms with E-state index in [2.05, 4.69) is 9.57 Å². The lowest BCUT2D eigenvalue weighted by molar-refractivity contribution is 0.0809. The van der Waals surface area contributed by atoms with Gasteiger partial charge in [0.15, 0.2) is 0 Å². The second-order valence-corrected chi connectivity index (χ2v) is 11.9. The zero-order valence-corrected chi connectivity index (χ0v) is 20.1. The van der Waals surface area contributed by atoms with Crippen LogP contribution in [0.25, 0.3) is 4.85 Å². The Labute approximate surface area is 201 Å². The highest BCUT2D eigenvalue weighted by molar-refractivity contribution is 7.90. The minimum atomic E-state index is -4.05. The molecule has 0 bridgehead atoms. The monoisotopic (exact) mass is 536 g/mol. The van der Waals surface area contributed by atoms with E-state index >= 15 is 0 Å². The molecule has 0 unspecified atom stereocenters. The molecule has 0 spiro atoms. The van der Waals surface area contributed by atoms with Crippen molar-refractivity contribution in [1.82, 2.24) is 9.03 Å². The molecule has 1 aliphatic heterocycles. The number of benzene rings is 2. The predicted molar refractivity (Wildman–Crippen MR) is 122 cm³/mol. The van der Waals surface area contributed by atoms with Gasteiger partial charge in [0.1, 0.15) is 23.1 Å². The van der Waals surface area contributed by atoms with E-state index in [-0.39, 0.29) is 58.4 Å². The Bertz CT molecular complexity index is 1310. The molecule has 3 rings (SSSR count). The number of hydrogen-bond donors (Lipinski definition) is 2. The molecule has 1 aliphatic rings. The highest BCUT2D eigenvalue weighted by Crippen LogP contribution is 2.34. The molecule has 178 valence electrons. The molecule has 2 aromatic rings. The van der Waals surface area contributed by atoms with Gasteiger partial charge in [-0.15, -0.1) is 0 Å². The van der Waals surface area contributed by atoms with Crippen LogP contribution in [0.2, 0.25) is 10.0 Å². The van der Waals surface area contributed by atoms with Crippen molar-refractivity contribution < 1.29 is 26.0 Å². The molecule has 3 N–H and O–H groups in total. The van der Waals surface area contributed by atoms with Gasteiger partial charge in [0.05, 0.1) is 22.9 Å². The minimum Gasteiger partial charge on any atom is -0.492 e. The van der Waals surface area contributed by atoms with E-state index < -0.39 is 31.4 Å². The molecule has 0 atom stereocenters. The third-order valence-electron chi connectivity index (χ3n) is 4.78. The fraction of sp³-hybridized carbons (Fsp3) is 0.316. The largest absolute Gasteiger partial charge is 0.492 e. The number of hydrogen-bond acceptors (Lipinski definition) is 6. The fourth-order valence-corrected chi connectivity index (χ4v) is 6.85. The molecular weight excluding hydrogens is 518 g/mol. The Morgan fingerprint density at radius 3 is 2.45 bits per heavy atom. The second kappa shape index (κ2) is 9.71. The third kappa shape index (κ3) is 5.75. The maximum atomic E-state index is 13.9. The van der Waals surface area contributed by atoms with E-state index in [1.165, 1.54) is 30.3 Å². The summed E-state index contributed by atoms with van der Waals surface area (Å²) in [6, 6.07) is 7.51. The highest BCUT2D eigenvalue weighted by Gasteiger charge is 2.51. The Hall–Kier alpha value is -1.98. The Morgan fingerprint density at radius 1 is 1.18 bits per heavy atom. The van der Waals surface area contributed by atoms with Gasteiger partial charge in [-0.1, -0.05) is 23.2 Å². The Morgan fingerprint density at radius 2 is 1.88 bits per heavy atom. The van der Waals surface area contributed by atoms with E-state index in [4.69, 9.17) is 40.2 Å². The van der Waals surface area contributed by atoms with Crippen LogP contribution in [0.1, 0.15) is 0 Å². The molecule has 9 nitrogen and oxygen atoms in total. The normalized spacial score (nSPS) is 16.1. The first-order chi connectivity index (χ1) is 15.4. The van der Waals surface area contributed by atoms with Crippen molar-refractivity contribution in [2.45, 2.75) is 10.4 Å². The van der Waals surface area contributed by atoms with Crippen molar-refractivity contribution in [3.63, 3.8) is 0 Å². The van der Waals surface area contributed by atoms with Crippen molar-refractivity contribution in [3.8, 4) is 5.75 Å². The molecule has 2 aromatic carbocycles. The average molecular weight is 537 g/mol. The zero-order chi connectivity index (χ0) is 24.4. The van der Waals surface area contributed by atoms with Crippen LogP contribution in [0.5, 0.6) is 5.75 Å². The Balaban J connectivity index is 1.83. The van der Waals surface area contributed by atoms with E-state index in [1.54, 1.807) is 0 Å². The minimum absolute atomic E-state index is 0.0550. The number of ether oxygens (including phenoxy) is 1. The summed E-state index contributed by atoms with van der Waals surface area (Å²) < 4.78 is 73.7. The maximum Gasteiger partial charge on any atom is 0.244 e. The molecule has 33 heavy (non-hydrogen) atoms. The van der Waals surface area contributed by atoms with Crippen LogP contribution in [-0.4, -0.2) is 58.7 Å². The SMILES string of the molecule is [C-]#[N+]c1ccc(OCC2(NS(=O)(=O)CCN)CN(S(=O)(=O)c3ccc(Cl)cc3Cl)C2)cc1F. The number of sulfonamides is 2. The number of nitrogens with zero attached hydrogens (tertiary/aromatic N) is 2. The van der Waals surface area contributed by atoms with E-state index in [9.17, 15) is 21.2 Å². The summed E-state index contributed by atoms with van der Waals surface area (Å²) in [6.07, 6.45) is 0. The molecule has 0 radical (unpaired) electrons. The van der Waals surface area contributed by atoms with Crippen LogP contribution in [0.15, 0.2) is 41.3 Å². The number of nitrogens with one attached hydrogen (secondary N) is 1. The molecular formula is C19H19Cl2FN4O5S2.